The van der Waals surface area contributed by atoms with Crippen molar-refractivity contribution in [2.45, 2.75) is 19.4 Å². The molecule has 0 bridgehead atoms. The van der Waals surface area contributed by atoms with Gasteiger partial charge in [0.15, 0.2) is 0 Å². The molecule has 134 valence electrons. The molecule has 0 N–H and O–H groups in total. The maximum atomic E-state index is 11.9. The zero-order valence-corrected chi connectivity index (χ0v) is 14.3. The Morgan fingerprint density at radius 3 is 2.27 bits per heavy atom. The first-order chi connectivity index (χ1) is 12.5. The fourth-order valence-corrected chi connectivity index (χ4v) is 2.25. The number of ketones is 2. The van der Waals surface area contributed by atoms with Gasteiger partial charge in [0.1, 0.15) is 6.61 Å². The van der Waals surface area contributed by atoms with Crippen LogP contribution in [0.15, 0.2) is 54.6 Å². The summed E-state index contributed by atoms with van der Waals surface area (Å²) >= 11 is 0. The van der Waals surface area contributed by atoms with Gasteiger partial charge < -0.3 is 9.47 Å². The molecule has 6 nitrogen and oxygen atoms in total. The molecule has 0 saturated heterocycles. The van der Waals surface area contributed by atoms with E-state index in [-0.39, 0.29) is 19.4 Å². The average Bonchev–Trinajstić information content (AvgIpc) is 2.69. The molecule has 0 heterocycles. The van der Waals surface area contributed by atoms with E-state index in [1.165, 1.54) is 7.11 Å². The zero-order valence-electron chi connectivity index (χ0n) is 14.3. The van der Waals surface area contributed by atoms with Gasteiger partial charge in [-0.2, -0.15) is 0 Å². The first-order valence-electron chi connectivity index (χ1n) is 7.96. The Kier molecular flexibility index (Phi) is 6.79. The molecule has 0 aliphatic carbocycles. The minimum absolute atomic E-state index is 0.0696. The van der Waals surface area contributed by atoms with Gasteiger partial charge in [-0.25, -0.2) is 9.59 Å². The number of esters is 2. The summed E-state index contributed by atoms with van der Waals surface area (Å²) in [6, 6.07) is 15.4. The summed E-state index contributed by atoms with van der Waals surface area (Å²) in [7, 11) is 1.28. The van der Waals surface area contributed by atoms with Gasteiger partial charge in [0.25, 0.3) is 0 Å². The van der Waals surface area contributed by atoms with Gasteiger partial charge in [-0.05, 0) is 29.7 Å². The first-order valence-corrected chi connectivity index (χ1v) is 7.96. The zero-order chi connectivity index (χ0) is 18.9. The number of hydrogen-bond donors (Lipinski definition) is 0. The molecule has 0 unspecified atom stereocenters. The number of methoxy groups -OCH3 is 1. The lowest BCUT2D eigenvalue weighted by Crippen LogP contribution is -2.26. The number of ether oxygens (including phenoxy) is 2. The molecule has 0 aromatic heterocycles. The fourth-order valence-electron chi connectivity index (χ4n) is 2.25. The molecule has 0 aliphatic rings. The SMILES string of the molecule is COC(=O)c1cccc(CCC(=O)C(=O)C(=O)OCc2ccccc2)c1. The molecule has 2 aromatic rings. The first kappa shape index (κ1) is 19.1. The van der Waals surface area contributed by atoms with Crippen molar-refractivity contribution in [3.63, 3.8) is 0 Å². The highest BCUT2D eigenvalue weighted by molar-refractivity contribution is 6.62. The Morgan fingerprint density at radius 1 is 0.885 bits per heavy atom. The van der Waals surface area contributed by atoms with Gasteiger partial charge >= 0.3 is 17.7 Å². The highest BCUT2D eigenvalue weighted by atomic mass is 16.5. The van der Waals surface area contributed by atoms with Crippen LogP contribution in [0.2, 0.25) is 0 Å². The van der Waals surface area contributed by atoms with Gasteiger partial charge in [0.2, 0.25) is 5.78 Å². The van der Waals surface area contributed by atoms with Crippen LogP contribution in [0, 0.1) is 0 Å². The average molecular weight is 354 g/mol. The molecule has 0 spiro atoms. The predicted molar refractivity (Wildman–Crippen MR) is 92.4 cm³/mol. The molecule has 2 rings (SSSR count). The van der Waals surface area contributed by atoms with Crippen LogP contribution in [0.4, 0.5) is 0 Å². The van der Waals surface area contributed by atoms with E-state index in [4.69, 9.17) is 4.74 Å². The number of carbonyl (C=O) groups excluding carboxylic acids is 4. The molecule has 0 radical (unpaired) electrons. The summed E-state index contributed by atoms with van der Waals surface area (Å²) in [4.78, 5) is 46.9. The van der Waals surface area contributed by atoms with E-state index in [1.807, 2.05) is 6.07 Å². The molecule has 0 atom stereocenters. The van der Waals surface area contributed by atoms with Gasteiger partial charge in [-0.3, -0.25) is 9.59 Å². The van der Waals surface area contributed by atoms with E-state index >= 15 is 0 Å². The second-order valence-corrected chi connectivity index (χ2v) is 5.51. The third-order valence-electron chi connectivity index (χ3n) is 3.64. The van der Waals surface area contributed by atoms with E-state index in [0.29, 0.717) is 11.1 Å². The molecule has 0 aliphatic heterocycles. The van der Waals surface area contributed by atoms with Gasteiger partial charge in [-0.1, -0.05) is 42.5 Å². The van der Waals surface area contributed by atoms with Crippen LogP contribution in [-0.4, -0.2) is 30.6 Å². The fraction of sp³-hybridized carbons (Fsp3) is 0.200. The van der Waals surface area contributed by atoms with Crippen LogP contribution < -0.4 is 0 Å². The molecule has 2 aromatic carbocycles. The summed E-state index contributed by atoms with van der Waals surface area (Å²) in [6.07, 6.45) is 0.0747. The smallest absolute Gasteiger partial charge is 0.383 e. The number of aryl methyl sites for hydroxylation is 1. The van der Waals surface area contributed by atoms with Crippen molar-refractivity contribution < 1.29 is 28.7 Å². The third kappa shape index (κ3) is 5.37. The minimum Gasteiger partial charge on any atom is -0.465 e. The normalized spacial score (nSPS) is 10.0. The van der Waals surface area contributed by atoms with Crippen LogP contribution in [0.25, 0.3) is 0 Å². The van der Waals surface area contributed by atoms with Crippen molar-refractivity contribution in [1.29, 1.82) is 0 Å². The van der Waals surface area contributed by atoms with Crippen LogP contribution >= 0.6 is 0 Å². The Balaban J connectivity index is 1.86. The van der Waals surface area contributed by atoms with Crippen LogP contribution in [-0.2, 0) is 36.9 Å². The molecule has 26 heavy (non-hydrogen) atoms. The summed E-state index contributed by atoms with van der Waals surface area (Å²) in [5.74, 6) is -3.66. The van der Waals surface area contributed by atoms with Crippen LogP contribution in [0.3, 0.4) is 0 Å². The summed E-state index contributed by atoms with van der Waals surface area (Å²) in [6.45, 7) is -0.0696. The van der Waals surface area contributed by atoms with Crippen molar-refractivity contribution >= 4 is 23.5 Å². The number of benzene rings is 2. The molecule has 0 saturated carbocycles. The Bertz CT molecular complexity index is 810. The lowest BCUT2D eigenvalue weighted by Gasteiger charge is -2.05. The van der Waals surface area contributed by atoms with E-state index in [0.717, 1.165) is 5.56 Å². The Labute approximate surface area is 150 Å². The van der Waals surface area contributed by atoms with Crippen molar-refractivity contribution in [2.24, 2.45) is 0 Å². The van der Waals surface area contributed by atoms with E-state index in [1.54, 1.807) is 48.5 Å². The minimum atomic E-state index is -1.18. The summed E-state index contributed by atoms with van der Waals surface area (Å²) < 4.78 is 9.49. The predicted octanol–water partition coefficient (Wildman–Crippen LogP) is 2.29. The highest BCUT2D eigenvalue weighted by Crippen LogP contribution is 2.10. The second-order valence-electron chi connectivity index (χ2n) is 5.51. The maximum absolute atomic E-state index is 11.9. The summed E-state index contributed by atoms with van der Waals surface area (Å²) in [5, 5.41) is 0. The topological polar surface area (TPSA) is 86.7 Å². The Morgan fingerprint density at radius 2 is 1.58 bits per heavy atom. The van der Waals surface area contributed by atoms with Crippen molar-refractivity contribution in [1.82, 2.24) is 0 Å². The van der Waals surface area contributed by atoms with E-state index in [2.05, 4.69) is 4.74 Å². The number of carbonyl (C=O) groups is 4. The Hall–Kier alpha value is -3.28. The lowest BCUT2D eigenvalue weighted by molar-refractivity contribution is -0.157. The van der Waals surface area contributed by atoms with Gasteiger partial charge in [0.05, 0.1) is 12.7 Å². The standard InChI is InChI=1S/C20H18O6/c1-25-19(23)16-9-5-8-14(12-16)10-11-17(21)18(22)20(24)26-13-15-6-3-2-4-7-15/h2-9,12H,10-11,13H2,1H3. The molecular weight excluding hydrogens is 336 g/mol. The maximum Gasteiger partial charge on any atom is 0.383 e. The van der Waals surface area contributed by atoms with Crippen LogP contribution in [0.1, 0.15) is 27.9 Å². The second kappa shape index (κ2) is 9.27. The van der Waals surface area contributed by atoms with Crippen molar-refractivity contribution in [2.75, 3.05) is 7.11 Å². The van der Waals surface area contributed by atoms with Crippen molar-refractivity contribution in [3.8, 4) is 0 Å². The van der Waals surface area contributed by atoms with Gasteiger partial charge in [-0.15, -0.1) is 0 Å². The number of Topliss-reactive ketones (excluding diaryl/α,β-unsaturated/α-hetero) is 2. The lowest BCUT2D eigenvalue weighted by atomic mass is 10.0. The third-order valence-corrected chi connectivity index (χ3v) is 3.64. The molecule has 0 amide bonds. The quantitative estimate of drug-likeness (QED) is 0.411. The van der Waals surface area contributed by atoms with Crippen molar-refractivity contribution in [3.05, 3.63) is 71.3 Å². The van der Waals surface area contributed by atoms with E-state index in [9.17, 15) is 19.2 Å². The van der Waals surface area contributed by atoms with Crippen LogP contribution in [0.5, 0.6) is 0 Å². The molecule has 6 heteroatoms. The molecular formula is C20H18O6. The monoisotopic (exact) mass is 354 g/mol. The molecule has 0 fully saturated rings. The number of rotatable bonds is 8. The number of hydrogen-bond acceptors (Lipinski definition) is 6. The summed E-state index contributed by atoms with van der Waals surface area (Å²) in [5.41, 5.74) is 1.76. The largest absolute Gasteiger partial charge is 0.465 e. The van der Waals surface area contributed by atoms with E-state index < -0.39 is 23.5 Å². The van der Waals surface area contributed by atoms with Gasteiger partial charge in [0, 0.05) is 6.42 Å². The highest BCUT2D eigenvalue weighted by Gasteiger charge is 2.24.